The van der Waals surface area contributed by atoms with E-state index >= 15 is 0 Å². The Morgan fingerprint density at radius 2 is 1.65 bits per heavy atom. The second-order valence-corrected chi connectivity index (χ2v) is 6.45. The molecule has 2 fully saturated rings. The molecule has 1 aromatic rings. The molecule has 0 unspecified atom stereocenters. The lowest BCUT2D eigenvalue weighted by atomic mass is 10.0. The van der Waals surface area contributed by atoms with E-state index in [9.17, 15) is 13.2 Å². The van der Waals surface area contributed by atoms with Gasteiger partial charge in [0.05, 0.1) is 5.56 Å². The number of benzene rings is 1. The number of hydrogen-bond acceptors (Lipinski definition) is 3. The van der Waals surface area contributed by atoms with Crippen molar-refractivity contribution >= 4 is 0 Å². The van der Waals surface area contributed by atoms with Gasteiger partial charge in [-0.1, -0.05) is 18.2 Å². The van der Waals surface area contributed by atoms with Gasteiger partial charge in [-0.3, -0.25) is 9.80 Å². The summed E-state index contributed by atoms with van der Waals surface area (Å²) < 4.78 is 39.2. The number of piperidine rings is 1. The lowest BCUT2D eigenvalue weighted by molar-refractivity contribution is -0.138. The van der Waals surface area contributed by atoms with E-state index in [1.165, 1.54) is 12.1 Å². The Labute approximate surface area is 135 Å². The van der Waals surface area contributed by atoms with Crippen LogP contribution >= 0.6 is 0 Å². The standard InChI is InChI=1S/C17H24F3N3/c18-17(19,20)16-4-2-1-3-14(16)13-22-9-5-15(6-10-22)23-11-7-21-8-12-23/h1-4,15,21H,5-13H2. The van der Waals surface area contributed by atoms with Crippen molar-refractivity contribution in [3.63, 3.8) is 0 Å². The monoisotopic (exact) mass is 327 g/mol. The van der Waals surface area contributed by atoms with Gasteiger partial charge < -0.3 is 5.32 Å². The third-order valence-electron chi connectivity index (χ3n) is 4.94. The van der Waals surface area contributed by atoms with Crippen LogP contribution in [0.2, 0.25) is 0 Å². The van der Waals surface area contributed by atoms with Crippen molar-refractivity contribution in [1.82, 2.24) is 15.1 Å². The first kappa shape index (κ1) is 16.7. The first-order valence-corrected chi connectivity index (χ1v) is 8.36. The van der Waals surface area contributed by atoms with E-state index in [1.807, 2.05) is 0 Å². The molecule has 0 bridgehead atoms. The summed E-state index contributed by atoms with van der Waals surface area (Å²) in [6.45, 7) is 6.40. The molecule has 0 spiro atoms. The molecular weight excluding hydrogens is 303 g/mol. The molecule has 2 aliphatic heterocycles. The third-order valence-corrected chi connectivity index (χ3v) is 4.94. The van der Waals surface area contributed by atoms with Crippen molar-refractivity contribution in [2.75, 3.05) is 39.3 Å². The van der Waals surface area contributed by atoms with Crippen LogP contribution in [0.25, 0.3) is 0 Å². The summed E-state index contributed by atoms with van der Waals surface area (Å²) in [6.07, 6.45) is -2.17. The summed E-state index contributed by atoms with van der Waals surface area (Å²) in [5, 5.41) is 3.36. The van der Waals surface area contributed by atoms with Gasteiger partial charge in [-0.25, -0.2) is 0 Å². The zero-order chi connectivity index (χ0) is 16.3. The van der Waals surface area contributed by atoms with E-state index in [-0.39, 0.29) is 0 Å². The fourth-order valence-electron chi connectivity index (χ4n) is 3.67. The SMILES string of the molecule is FC(F)(F)c1ccccc1CN1CCC(N2CCNCC2)CC1. The molecular formula is C17H24F3N3. The molecule has 3 rings (SSSR count). The normalized spacial score (nSPS) is 22.4. The number of nitrogens with one attached hydrogen (secondary N) is 1. The zero-order valence-corrected chi connectivity index (χ0v) is 13.3. The molecule has 0 saturated carbocycles. The van der Waals surface area contributed by atoms with Crippen LogP contribution in [0.3, 0.4) is 0 Å². The maximum absolute atomic E-state index is 13.1. The Bertz CT molecular complexity index is 504. The zero-order valence-electron chi connectivity index (χ0n) is 13.3. The van der Waals surface area contributed by atoms with E-state index in [4.69, 9.17) is 0 Å². The lowest BCUT2D eigenvalue weighted by Crippen LogP contribution is -2.51. The highest BCUT2D eigenvalue weighted by molar-refractivity contribution is 5.29. The predicted octanol–water partition coefficient (Wildman–Crippen LogP) is 2.58. The van der Waals surface area contributed by atoms with E-state index in [0.717, 1.165) is 52.1 Å². The molecule has 1 N–H and O–H groups in total. The molecule has 6 heteroatoms. The number of piperazine rings is 1. The summed E-state index contributed by atoms with van der Waals surface area (Å²) in [6, 6.07) is 6.53. The van der Waals surface area contributed by atoms with Crippen LogP contribution in [0.15, 0.2) is 24.3 Å². The third kappa shape index (κ3) is 4.25. The van der Waals surface area contributed by atoms with Gasteiger partial charge in [0, 0.05) is 38.8 Å². The summed E-state index contributed by atoms with van der Waals surface area (Å²) in [5.74, 6) is 0. The highest BCUT2D eigenvalue weighted by Crippen LogP contribution is 2.32. The minimum Gasteiger partial charge on any atom is -0.314 e. The molecule has 0 radical (unpaired) electrons. The van der Waals surface area contributed by atoms with Crippen molar-refractivity contribution in [2.45, 2.75) is 31.6 Å². The predicted molar refractivity (Wildman–Crippen MR) is 84.2 cm³/mol. The van der Waals surface area contributed by atoms with E-state index in [1.54, 1.807) is 12.1 Å². The quantitative estimate of drug-likeness (QED) is 0.921. The van der Waals surface area contributed by atoms with E-state index in [2.05, 4.69) is 15.1 Å². The second kappa shape index (κ2) is 7.20. The second-order valence-electron chi connectivity index (χ2n) is 6.45. The molecule has 0 atom stereocenters. The van der Waals surface area contributed by atoms with E-state index < -0.39 is 11.7 Å². The van der Waals surface area contributed by atoms with Crippen LogP contribution in [0.4, 0.5) is 13.2 Å². The number of rotatable bonds is 3. The Morgan fingerprint density at radius 3 is 2.30 bits per heavy atom. The summed E-state index contributed by atoms with van der Waals surface area (Å²) in [5.41, 5.74) is -0.107. The molecule has 0 amide bonds. The molecule has 23 heavy (non-hydrogen) atoms. The number of alkyl halides is 3. The Kier molecular flexibility index (Phi) is 5.24. The summed E-state index contributed by atoms with van der Waals surface area (Å²) >= 11 is 0. The number of halogens is 3. The van der Waals surface area contributed by atoms with Gasteiger partial charge >= 0.3 is 6.18 Å². The Balaban J connectivity index is 1.57. The molecule has 2 heterocycles. The van der Waals surface area contributed by atoms with Crippen LogP contribution in [-0.2, 0) is 12.7 Å². The molecule has 2 saturated heterocycles. The summed E-state index contributed by atoms with van der Waals surface area (Å²) in [4.78, 5) is 4.68. The Morgan fingerprint density at radius 1 is 1.00 bits per heavy atom. The van der Waals surface area contributed by atoms with Crippen LogP contribution in [0.5, 0.6) is 0 Å². The maximum atomic E-state index is 13.1. The van der Waals surface area contributed by atoms with Crippen molar-refractivity contribution in [1.29, 1.82) is 0 Å². The molecule has 2 aliphatic rings. The van der Waals surface area contributed by atoms with Gasteiger partial charge in [-0.2, -0.15) is 13.2 Å². The topological polar surface area (TPSA) is 18.5 Å². The van der Waals surface area contributed by atoms with Gasteiger partial charge in [0.25, 0.3) is 0 Å². The number of nitrogens with zero attached hydrogens (tertiary/aromatic N) is 2. The van der Waals surface area contributed by atoms with Crippen molar-refractivity contribution < 1.29 is 13.2 Å². The van der Waals surface area contributed by atoms with Crippen molar-refractivity contribution in [3.05, 3.63) is 35.4 Å². The van der Waals surface area contributed by atoms with Gasteiger partial charge in [0.15, 0.2) is 0 Å². The first-order valence-electron chi connectivity index (χ1n) is 8.36. The first-order chi connectivity index (χ1) is 11.0. The van der Waals surface area contributed by atoms with Crippen molar-refractivity contribution in [2.24, 2.45) is 0 Å². The highest BCUT2D eigenvalue weighted by Gasteiger charge is 2.33. The van der Waals surface area contributed by atoms with E-state index in [0.29, 0.717) is 18.2 Å². The highest BCUT2D eigenvalue weighted by atomic mass is 19.4. The average Bonchev–Trinajstić information content (AvgIpc) is 2.56. The molecule has 0 aromatic heterocycles. The minimum atomic E-state index is -4.27. The summed E-state index contributed by atoms with van der Waals surface area (Å²) in [7, 11) is 0. The number of hydrogen-bond donors (Lipinski definition) is 1. The van der Waals surface area contributed by atoms with Crippen molar-refractivity contribution in [3.8, 4) is 0 Å². The fraction of sp³-hybridized carbons (Fsp3) is 0.647. The Hall–Kier alpha value is -1.11. The van der Waals surface area contributed by atoms with Gasteiger partial charge in [0.1, 0.15) is 0 Å². The van der Waals surface area contributed by atoms with Crippen LogP contribution in [0.1, 0.15) is 24.0 Å². The van der Waals surface area contributed by atoms with Gasteiger partial charge in [-0.15, -0.1) is 0 Å². The van der Waals surface area contributed by atoms with Crippen LogP contribution < -0.4 is 5.32 Å². The smallest absolute Gasteiger partial charge is 0.314 e. The maximum Gasteiger partial charge on any atom is 0.416 e. The van der Waals surface area contributed by atoms with Crippen LogP contribution in [0, 0.1) is 0 Å². The average molecular weight is 327 g/mol. The molecule has 128 valence electrons. The largest absolute Gasteiger partial charge is 0.416 e. The molecule has 1 aromatic carbocycles. The van der Waals surface area contributed by atoms with Crippen LogP contribution in [-0.4, -0.2) is 55.1 Å². The molecule has 0 aliphatic carbocycles. The lowest BCUT2D eigenvalue weighted by Gasteiger charge is -2.40. The minimum absolute atomic E-state index is 0.389. The number of likely N-dealkylation sites (tertiary alicyclic amines) is 1. The van der Waals surface area contributed by atoms with Gasteiger partial charge in [0.2, 0.25) is 0 Å². The fourth-order valence-corrected chi connectivity index (χ4v) is 3.67. The van der Waals surface area contributed by atoms with Gasteiger partial charge in [-0.05, 0) is 37.6 Å². The molecule has 3 nitrogen and oxygen atoms in total.